The maximum atomic E-state index is 13.5. The summed E-state index contributed by atoms with van der Waals surface area (Å²) in [5, 5.41) is 13.9. The van der Waals surface area contributed by atoms with Crippen molar-refractivity contribution in [2.75, 3.05) is 31.6 Å². The standard InChI is InChI=1S/C27H30F2N2O2/c28-22-8-6-20(7-9-22)27(30-24-12-10-23(29)11-13-24)21-14-16-31(17-15-21)18-25(32)19-33-26-4-2-1-3-5-26/h1-13,21,25,27,30,32H,14-19H2. The number of halogens is 2. The number of benzene rings is 3. The molecule has 174 valence electrons. The van der Waals surface area contributed by atoms with Crippen LogP contribution in [-0.4, -0.2) is 42.4 Å². The first-order valence-electron chi connectivity index (χ1n) is 11.4. The molecule has 2 atom stereocenters. The van der Waals surface area contributed by atoms with Crippen molar-refractivity contribution in [1.82, 2.24) is 4.90 Å². The second-order valence-corrected chi connectivity index (χ2v) is 8.60. The molecule has 0 bridgehead atoms. The Morgan fingerprint density at radius 2 is 1.48 bits per heavy atom. The van der Waals surface area contributed by atoms with Crippen LogP contribution in [0.1, 0.15) is 24.4 Å². The number of piperidine rings is 1. The fraction of sp³-hybridized carbons (Fsp3) is 0.333. The molecule has 4 nitrogen and oxygen atoms in total. The van der Waals surface area contributed by atoms with Crippen LogP contribution < -0.4 is 10.1 Å². The Balaban J connectivity index is 1.34. The zero-order valence-corrected chi connectivity index (χ0v) is 18.5. The summed E-state index contributed by atoms with van der Waals surface area (Å²) in [5.41, 5.74) is 1.84. The molecule has 3 aromatic carbocycles. The van der Waals surface area contributed by atoms with E-state index >= 15 is 0 Å². The van der Waals surface area contributed by atoms with Crippen LogP contribution in [0.2, 0.25) is 0 Å². The summed E-state index contributed by atoms with van der Waals surface area (Å²) >= 11 is 0. The Kier molecular flexibility index (Phi) is 7.92. The molecule has 0 aliphatic carbocycles. The lowest BCUT2D eigenvalue weighted by Crippen LogP contribution is -2.42. The van der Waals surface area contributed by atoms with Crippen LogP contribution in [-0.2, 0) is 0 Å². The van der Waals surface area contributed by atoms with Gasteiger partial charge in [0.15, 0.2) is 0 Å². The van der Waals surface area contributed by atoms with Gasteiger partial charge in [-0.1, -0.05) is 30.3 Å². The Morgan fingerprint density at radius 1 is 0.879 bits per heavy atom. The van der Waals surface area contributed by atoms with Gasteiger partial charge in [-0.15, -0.1) is 0 Å². The van der Waals surface area contributed by atoms with Gasteiger partial charge >= 0.3 is 0 Å². The molecule has 1 saturated heterocycles. The number of likely N-dealkylation sites (tertiary alicyclic amines) is 1. The van der Waals surface area contributed by atoms with Crippen LogP contribution in [0.15, 0.2) is 78.9 Å². The zero-order valence-electron chi connectivity index (χ0n) is 18.5. The second kappa shape index (κ2) is 11.3. The van der Waals surface area contributed by atoms with Crippen LogP contribution >= 0.6 is 0 Å². The van der Waals surface area contributed by atoms with Crippen LogP contribution in [0.4, 0.5) is 14.5 Å². The highest BCUT2D eigenvalue weighted by Gasteiger charge is 2.28. The fourth-order valence-corrected chi connectivity index (χ4v) is 4.40. The number of rotatable bonds is 9. The van der Waals surface area contributed by atoms with E-state index in [2.05, 4.69) is 10.2 Å². The van der Waals surface area contributed by atoms with Gasteiger partial charge in [-0.05, 0) is 85.9 Å². The third kappa shape index (κ3) is 6.76. The van der Waals surface area contributed by atoms with Gasteiger partial charge in [0.25, 0.3) is 0 Å². The number of hydrogen-bond acceptors (Lipinski definition) is 4. The van der Waals surface area contributed by atoms with Crippen molar-refractivity contribution in [2.45, 2.75) is 25.0 Å². The highest BCUT2D eigenvalue weighted by atomic mass is 19.1. The lowest BCUT2D eigenvalue weighted by atomic mass is 9.85. The number of ether oxygens (including phenoxy) is 1. The molecule has 3 aromatic rings. The Labute approximate surface area is 193 Å². The van der Waals surface area contributed by atoms with Crippen molar-refractivity contribution >= 4 is 5.69 Å². The molecule has 0 saturated carbocycles. The molecule has 2 N–H and O–H groups in total. The van der Waals surface area contributed by atoms with E-state index in [1.807, 2.05) is 42.5 Å². The monoisotopic (exact) mass is 452 g/mol. The summed E-state index contributed by atoms with van der Waals surface area (Å²) in [5.74, 6) is 0.543. The first-order chi connectivity index (χ1) is 16.1. The third-order valence-electron chi connectivity index (χ3n) is 6.15. The fourth-order valence-electron chi connectivity index (χ4n) is 4.40. The van der Waals surface area contributed by atoms with E-state index in [0.29, 0.717) is 12.5 Å². The molecule has 1 heterocycles. The van der Waals surface area contributed by atoms with Gasteiger partial charge in [0.2, 0.25) is 0 Å². The molecular weight excluding hydrogens is 422 g/mol. The number of nitrogens with one attached hydrogen (secondary N) is 1. The van der Waals surface area contributed by atoms with Crippen molar-refractivity contribution in [1.29, 1.82) is 0 Å². The molecule has 0 spiro atoms. The number of nitrogens with zero attached hydrogens (tertiary/aromatic N) is 1. The summed E-state index contributed by atoms with van der Waals surface area (Å²) in [4.78, 5) is 2.26. The number of para-hydroxylation sites is 1. The Bertz CT molecular complexity index is 975. The van der Waals surface area contributed by atoms with E-state index < -0.39 is 6.10 Å². The van der Waals surface area contributed by atoms with Crippen LogP contribution in [0, 0.1) is 17.6 Å². The number of hydrogen-bond donors (Lipinski definition) is 2. The van der Waals surface area contributed by atoms with Crippen molar-refractivity contribution in [3.05, 3.63) is 96.1 Å². The minimum atomic E-state index is -0.563. The number of aliphatic hydroxyl groups excluding tert-OH is 1. The quantitative estimate of drug-likeness (QED) is 0.464. The molecular formula is C27H30F2N2O2. The molecule has 6 heteroatoms. The molecule has 1 fully saturated rings. The largest absolute Gasteiger partial charge is 0.491 e. The molecule has 0 aromatic heterocycles. The van der Waals surface area contributed by atoms with Gasteiger partial charge < -0.3 is 20.1 Å². The van der Waals surface area contributed by atoms with Crippen molar-refractivity contribution < 1.29 is 18.6 Å². The maximum absolute atomic E-state index is 13.5. The molecule has 4 rings (SSSR count). The van der Waals surface area contributed by atoms with Gasteiger partial charge in [-0.3, -0.25) is 0 Å². The lowest BCUT2D eigenvalue weighted by Gasteiger charge is -2.37. The number of β-amino-alcohol motifs (C(OH)–C–C–N with tert-alkyl or cyclic N) is 1. The normalized spacial score (nSPS) is 16.8. The van der Waals surface area contributed by atoms with Gasteiger partial charge in [-0.2, -0.15) is 0 Å². The maximum Gasteiger partial charge on any atom is 0.123 e. The Morgan fingerprint density at radius 3 is 2.12 bits per heavy atom. The number of aliphatic hydroxyl groups is 1. The van der Waals surface area contributed by atoms with Crippen LogP contribution in [0.5, 0.6) is 5.75 Å². The first kappa shape index (κ1) is 23.2. The van der Waals surface area contributed by atoms with E-state index in [1.165, 1.54) is 24.3 Å². The van der Waals surface area contributed by atoms with Crippen molar-refractivity contribution in [2.24, 2.45) is 5.92 Å². The average molecular weight is 453 g/mol. The Hall–Kier alpha value is -2.96. The SMILES string of the molecule is OC(COc1ccccc1)CN1CCC(C(Nc2ccc(F)cc2)c2ccc(F)cc2)CC1. The molecule has 0 amide bonds. The highest BCUT2D eigenvalue weighted by molar-refractivity contribution is 5.46. The third-order valence-corrected chi connectivity index (χ3v) is 6.15. The van der Waals surface area contributed by atoms with E-state index in [9.17, 15) is 13.9 Å². The molecule has 0 radical (unpaired) electrons. The van der Waals surface area contributed by atoms with E-state index in [4.69, 9.17) is 4.74 Å². The zero-order chi connectivity index (χ0) is 23.0. The summed E-state index contributed by atoms with van der Waals surface area (Å²) < 4.78 is 32.5. The minimum Gasteiger partial charge on any atom is -0.491 e. The summed E-state index contributed by atoms with van der Waals surface area (Å²) in [6.45, 7) is 2.53. The minimum absolute atomic E-state index is 0.00968. The smallest absolute Gasteiger partial charge is 0.123 e. The van der Waals surface area contributed by atoms with Crippen molar-refractivity contribution in [3.63, 3.8) is 0 Å². The van der Waals surface area contributed by atoms with E-state index in [0.717, 1.165) is 42.9 Å². The van der Waals surface area contributed by atoms with Gasteiger partial charge in [0, 0.05) is 12.2 Å². The molecule has 1 aliphatic rings. The van der Waals surface area contributed by atoms with E-state index in [-0.39, 0.29) is 24.3 Å². The molecule has 33 heavy (non-hydrogen) atoms. The van der Waals surface area contributed by atoms with Gasteiger partial charge in [0.1, 0.15) is 30.1 Å². The first-order valence-corrected chi connectivity index (χ1v) is 11.4. The number of anilines is 1. The average Bonchev–Trinajstić information content (AvgIpc) is 2.84. The predicted molar refractivity (Wildman–Crippen MR) is 126 cm³/mol. The predicted octanol–water partition coefficient (Wildman–Crippen LogP) is 5.27. The van der Waals surface area contributed by atoms with Crippen LogP contribution in [0.3, 0.4) is 0 Å². The van der Waals surface area contributed by atoms with Gasteiger partial charge in [-0.25, -0.2) is 8.78 Å². The summed E-state index contributed by atoms with van der Waals surface area (Å²) in [6.07, 6.45) is 1.30. The molecule has 2 unspecified atom stereocenters. The van der Waals surface area contributed by atoms with Crippen molar-refractivity contribution in [3.8, 4) is 5.75 Å². The topological polar surface area (TPSA) is 44.7 Å². The lowest BCUT2D eigenvalue weighted by molar-refractivity contribution is 0.0535. The second-order valence-electron chi connectivity index (χ2n) is 8.60. The van der Waals surface area contributed by atoms with E-state index in [1.54, 1.807) is 12.1 Å². The van der Waals surface area contributed by atoms with Gasteiger partial charge in [0.05, 0.1) is 6.04 Å². The summed E-state index contributed by atoms with van der Waals surface area (Å²) in [7, 11) is 0. The highest BCUT2D eigenvalue weighted by Crippen LogP contribution is 2.34. The van der Waals surface area contributed by atoms with Crippen LogP contribution in [0.25, 0.3) is 0 Å². The summed E-state index contributed by atoms with van der Waals surface area (Å²) in [6, 6.07) is 22.4. The molecule has 1 aliphatic heterocycles.